The number of benzene rings is 6. The van der Waals surface area contributed by atoms with Crippen molar-refractivity contribution in [1.29, 1.82) is 0 Å². The van der Waals surface area contributed by atoms with Gasteiger partial charge >= 0.3 is 0 Å². The van der Waals surface area contributed by atoms with Gasteiger partial charge in [0.05, 0.1) is 0 Å². The highest BCUT2D eigenvalue weighted by atomic mass is 28.3. The van der Waals surface area contributed by atoms with Crippen LogP contribution in [0.1, 0.15) is 5.56 Å². The SMILES string of the molecule is Cc1ccc([Si]2(c3ccccc3)c3ccccc3-c3c2ccc2ccc4ccccc4c32)cc1. The summed E-state index contributed by atoms with van der Waals surface area (Å²) in [6.45, 7) is 2.18. The van der Waals surface area contributed by atoms with Crippen molar-refractivity contribution >= 4 is 50.4 Å². The van der Waals surface area contributed by atoms with Gasteiger partial charge in [-0.25, -0.2) is 0 Å². The van der Waals surface area contributed by atoms with Crippen molar-refractivity contribution < 1.29 is 0 Å². The van der Waals surface area contributed by atoms with Gasteiger partial charge in [-0.15, -0.1) is 0 Å². The Morgan fingerprint density at radius 2 is 1.12 bits per heavy atom. The van der Waals surface area contributed by atoms with Crippen molar-refractivity contribution in [2.75, 3.05) is 0 Å². The third-order valence-corrected chi connectivity index (χ3v) is 12.5. The highest BCUT2D eigenvalue weighted by molar-refractivity contribution is 7.22. The van der Waals surface area contributed by atoms with Crippen molar-refractivity contribution in [2.24, 2.45) is 0 Å². The van der Waals surface area contributed by atoms with Crippen LogP contribution in [0, 0.1) is 6.92 Å². The summed E-state index contributed by atoms with van der Waals surface area (Å²) in [5.41, 5.74) is 4.13. The molecule has 6 aromatic rings. The molecule has 0 aliphatic carbocycles. The van der Waals surface area contributed by atoms with Gasteiger partial charge < -0.3 is 0 Å². The average Bonchev–Trinajstić information content (AvgIpc) is 3.21. The highest BCUT2D eigenvalue weighted by Crippen LogP contribution is 2.38. The minimum Gasteiger partial charge on any atom is -0.0623 e. The third kappa shape index (κ3) is 2.53. The number of fused-ring (bicyclic) bond motifs is 7. The van der Waals surface area contributed by atoms with E-state index in [9.17, 15) is 0 Å². The molecule has 0 amide bonds. The van der Waals surface area contributed by atoms with E-state index in [1.165, 1.54) is 59.0 Å². The maximum absolute atomic E-state index is 2.45. The molecule has 1 unspecified atom stereocenters. The second kappa shape index (κ2) is 7.28. The Bertz CT molecular complexity index is 1700. The van der Waals surface area contributed by atoms with Gasteiger partial charge in [0.1, 0.15) is 0 Å². The molecular weight excluding hydrogens is 424 g/mol. The minimum absolute atomic E-state index is 1.30. The molecule has 0 fully saturated rings. The molecule has 6 aromatic carbocycles. The van der Waals surface area contributed by atoms with Crippen LogP contribution in [-0.4, -0.2) is 8.07 Å². The Morgan fingerprint density at radius 1 is 0.471 bits per heavy atom. The van der Waals surface area contributed by atoms with Crippen LogP contribution in [0.2, 0.25) is 0 Å². The summed E-state index contributed by atoms with van der Waals surface area (Å²) < 4.78 is 0. The first-order chi connectivity index (χ1) is 16.8. The molecule has 34 heavy (non-hydrogen) atoms. The van der Waals surface area contributed by atoms with E-state index in [2.05, 4.69) is 134 Å². The Kier molecular flexibility index (Phi) is 4.18. The van der Waals surface area contributed by atoms with Crippen molar-refractivity contribution in [1.82, 2.24) is 0 Å². The van der Waals surface area contributed by atoms with Crippen LogP contribution < -0.4 is 20.7 Å². The zero-order valence-electron chi connectivity index (χ0n) is 19.1. The third-order valence-electron chi connectivity index (χ3n) is 7.61. The van der Waals surface area contributed by atoms with Crippen molar-refractivity contribution in [3.05, 3.63) is 133 Å². The highest BCUT2D eigenvalue weighted by Gasteiger charge is 2.49. The van der Waals surface area contributed by atoms with E-state index in [4.69, 9.17) is 0 Å². The Morgan fingerprint density at radius 3 is 1.97 bits per heavy atom. The van der Waals surface area contributed by atoms with Crippen LogP contribution in [0.5, 0.6) is 0 Å². The first kappa shape index (κ1) is 19.5. The van der Waals surface area contributed by atoms with Gasteiger partial charge in [0.15, 0.2) is 8.07 Å². The summed E-state index contributed by atoms with van der Waals surface area (Å²) >= 11 is 0. The standard InChI is InChI=1S/C33H24Si/c1-23-15-20-27(21-16-23)34(26-10-3-2-4-11-26)30-14-8-7-13-29(30)33-31(34)22-19-25-18-17-24-9-5-6-12-28(24)32(25)33/h2-22H,1H3. The second-order valence-corrected chi connectivity index (χ2v) is 13.1. The van der Waals surface area contributed by atoms with Crippen LogP contribution in [-0.2, 0) is 0 Å². The van der Waals surface area contributed by atoms with Gasteiger partial charge in [-0.05, 0) is 60.3 Å². The molecule has 160 valence electrons. The van der Waals surface area contributed by atoms with E-state index in [0.29, 0.717) is 0 Å². The minimum atomic E-state index is -2.45. The topological polar surface area (TPSA) is 0 Å². The summed E-state index contributed by atoms with van der Waals surface area (Å²) in [6, 6.07) is 47.9. The molecule has 0 radical (unpaired) electrons. The molecular formula is C33H24Si. The second-order valence-electron chi connectivity index (χ2n) is 9.40. The van der Waals surface area contributed by atoms with Crippen molar-refractivity contribution in [2.45, 2.75) is 6.92 Å². The summed E-state index contributed by atoms with van der Waals surface area (Å²) in [4.78, 5) is 0. The zero-order chi connectivity index (χ0) is 22.7. The predicted molar refractivity (Wildman–Crippen MR) is 149 cm³/mol. The number of hydrogen-bond donors (Lipinski definition) is 0. The van der Waals surface area contributed by atoms with Crippen LogP contribution in [0.3, 0.4) is 0 Å². The summed E-state index contributed by atoms with van der Waals surface area (Å²) in [6.07, 6.45) is 0. The molecule has 0 saturated carbocycles. The fourth-order valence-electron chi connectivity index (χ4n) is 6.14. The Balaban J connectivity index is 1.73. The average molecular weight is 449 g/mol. The van der Waals surface area contributed by atoms with Crippen LogP contribution in [0.4, 0.5) is 0 Å². The summed E-state index contributed by atoms with van der Waals surface area (Å²) in [5.74, 6) is 0. The van der Waals surface area contributed by atoms with Crippen molar-refractivity contribution in [3.63, 3.8) is 0 Å². The summed E-state index contributed by atoms with van der Waals surface area (Å²) in [7, 11) is -2.45. The molecule has 1 heterocycles. The molecule has 1 atom stereocenters. The van der Waals surface area contributed by atoms with Gasteiger partial charge in [-0.3, -0.25) is 0 Å². The molecule has 0 N–H and O–H groups in total. The maximum atomic E-state index is 2.44. The molecule has 0 spiro atoms. The fourth-order valence-corrected chi connectivity index (χ4v) is 11.3. The van der Waals surface area contributed by atoms with Gasteiger partial charge in [-0.2, -0.15) is 0 Å². The monoisotopic (exact) mass is 448 g/mol. The first-order valence-electron chi connectivity index (χ1n) is 12.0. The normalized spacial score (nSPS) is 16.5. The lowest BCUT2D eigenvalue weighted by atomic mass is 9.94. The van der Waals surface area contributed by atoms with E-state index < -0.39 is 8.07 Å². The maximum Gasteiger partial charge on any atom is 0.180 e. The van der Waals surface area contributed by atoms with Gasteiger partial charge in [0.25, 0.3) is 0 Å². The lowest BCUT2D eigenvalue weighted by molar-refractivity contribution is 1.49. The van der Waals surface area contributed by atoms with Gasteiger partial charge in [-0.1, -0.05) is 133 Å². The smallest absolute Gasteiger partial charge is 0.0623 e. The van der Waals surface area contributed by atoms with Crippen LogP contribution in [0.15, 0.2) is 127 Å². The molecule has 1 aliphatic rings. The molecule has 0 nitrogen and oxygen atoms in total. The molecule has 0 aromatic heterocycles. The van der Waals surface area contributed by atoms with E-state index in [0.717, 1.165) is 0 Å². The van der Waals surface area contributed by atoms with Crippen LogP contribution in [0.25, 0.3) is 32.7 Å². The molecule has 0 bridgehead atoms. The Labute approximate surface area is 201 Å². The van der Waals surface area contributed by atoms with Crippen molar-refractivity contribution in [3.8, 4) is 11.1 Å². The number of hydrogen-bond acceptors (Lipinski definition) is 0. The van der Waals surface area contributed by atoms with Gasteiger partial charge in [0.2, 0.25) is 0 Å². The number of rotatable bonds is 2. The molecule has 0 saturated heterocycles. The quantitative estimate of drug-likeness (QED) is 0.236. The van der Waals surface area contributed by atoms with E-state index in [1.54, 1.807) is 0 Å². The lowest BCUT2D eigenvalue weighted by Gasteiger charge is -2.31. The van der Waals surface area contributed by atoms with Crippen LogP contribution >= 0.6 is 0 Å². The fraction of sp³-hybridized carbons (Fsp3) is 0.0303. The summed E-state index contributed by atoms with van der Waals surface area (Å²) in [5, 5.41) is 11.3. The Hall–Kier alpha value is -3.94. The zero-order valence-corrected chi connectivity index (χ0v) is 20.1. The van der Waals surface area contributed by atoms with E-state index >= 15 is 0 Å². The first-order valence-corrected chi connectivity index (χ1v) is 14.0. The van der Waals surface area contributed by atoms with E-state index in [-0.39, 0.29) is 0 Å². The molecule has 1 aliphatic heterocycles. The predicted octanol–water partition coefficient (Wildman–Crippen LogP) is 5.66. The van der Waals surface area contributed by atoms with Gasteiger partial charge in [0, 0.05) is 0 Å². The lowest BCUT2D eigenvalue weighted by Crippen LogP contribution is -2.72. The number of aryl methyl sites for hydroxylation is 1. The molecule has 7 rings (SSSR count). The molecule has 1 heteroatoms. The van der Waals surface area contributed by atoms with E-state index in [1.807, 2.05) is 0 Å². The largest absolute Gasteiger partial charge is 0.180 e.